The lowest BCUT2D eigenvalue weighted by Crippen LogP contribution is -2.52. The number of benzene rings is 2. The number of Topliss-reactive ketones (excluding diaryl/α,β-unsaturated/α-hetero) is 2. The molecule has 3 aromatic rings. The van der Waals surface area contributed by atoms with Crippen molar-refractivity contribution in [1.82, 2.24) is 25.6 Å². The van der Waals surface area contributed by atoms with Gasteiger partial charge in [0.1, 0.15) is 35.5 Å². The SMILES string of the molecule is C[C@H]1[C@H]([C@H](OC(=O)NCCOCCOCCOCCn2nnc3c2-c2ccccc2CN(C(=O)CCC(=O)CC[C@H](N)C(=O)C[C@@H](CC(=O)O)C(=O)N[C@@H](CS)C(=O)O)c2ccccc2-3)[C@H](O)CO)OC(C(=O)O)=C[C@@H]1N=C(N)N. The van der Waals surface area contributed by atoms with Gasteiger partial charge in [-0.2, -0.15) is 12.6 Å². The number of aromatic nitrogens is 3. The van der Waals surface area contributed by atoms with E-state index in [1.807, 2.05) is 36.4 Å². The van der Waals surface area contributed by atoms with Crippen LogP contribution in [0.25, 0.3) is 22.5 Å². The molecule has 1 aromatic heterocycles. The number of aliphatic hydroxyl groups is 2. The van der Waals surface area contributed by atoms with Crippen molar-refractivity contribution in [3.05, 3.63) is 65.9 Å². The number of thiol groups is 1. The number of nitrogens with one attached hydrogen (secondary N) is 2. The standard InChI is InChI=1S/C51H68N10O18S/c1-28-35(57-50(53)54)24-40(49(72)73)78-45(28)46(39(65)26-62)79-51(74)55-14-16-75-18-20-77-21-19-76-17-15-61-44-32-7-3-2-6-29(32)25-60(37-9-5-4-8-33(37)43(44)58-59-61)41(66)13-11-31(63)10-12-34(52)38(64)22-30(23-42(67)68)47(69)56-36(27-80)48(70)71/h2-9,24,28,30,34-36,39,45-46,62,65,80H,10-23,25-27,52H2,1H3,(H,55,74)(H,56,69)(H,67,68)(H,70,71)(H,72,73)(H4,53,54,57)/t28-,30+,34+,35+,36+,39-,45-,46-/m1/s1. The Morgan fingerprint density at radius 1 is 0.887 bits per heavy atom. The number of nitrogens with zero attached hydrogens (tertiary/aromatic N) is 5. The number of hydrogen-bond donors (Lipinski definition) is 11. The Labute approximate surface area is 464 Å². The monoisotopic (exact) mass is 1140 g/mol. The Morgan fingerprint density at radius 3 is 2.20 bits per heavy atom. The van der Waals surface area contributed by atoms with Crippen molar-refractivity contribution >= 4 is 71.7 Å². The van der Waals surface area contributed by atoms with Crippen molar-refractivity contribution in [3.8, 4) is 22.5 Å². The smallest absolute Gasteiger partial charge is 0.407 e. The topological polar surface area (TPSA) is 432 Å². The number of carboxylic acids is 3. The summed E-state index contributed by atoms with van der Waals surface area (Å²) in [5.41, 5.74) is 21.0. The van der Waals surface area contributed by atoms with E-state index in [0.717, 1.165) is 11.1 Å². The minimum absolute atomic E-state index is 0.0124. The van der Waals surface area contributed by atoms with Crippen molar-refractivity contribution in [1.29, 1.82) is 0 Å². The quantitative estimate of drug-likeness (QED) is 0.0160. The molecule has 0 saturated carbocycles. The summed E-state index contributed by atoms with van der Waals surface area (Å²) in [4.78, 5) is 106. The molecule has 80 heavy (non-hydrogen) atoms. The Morgan fingerprint density at radius 2 is 1.55 bits per heavy atom. The fourth-order valence-corrected chi connectivity index (χ4v) is 8.92. The number of fused-ring (bicyclic) bond motifs is 5. The maximum Gasteiger partial charge on any atom is 0.407 e. The zero-order chi connectivity index (χ0) is 58.5. The molecule has 13 N–H and O–H groups in total. The molecule has 0 aliphatic carbocycles. The maximum absolute atomic E-state index is 14.1. The van der Waals surface area contributed by atoms with E-state index in [1.54, 1.807) is 28.6 Å². The summed E-state index contributed by atoms with van der Waals surface area (Å²) in [5, 5.41) is 61.9. The van der Waals surface area contributed by atoms with Crippen molar-refractivity contribution < 1.29 is 87.6 Å². The molecule has 28 nitrogen and oxygen atoms in total. The van der Waals surface area contributed by atoms with Gasteiger partial charge in [0.2, 0.25) is 17.6 Å². The molecule has 0 spiro atoms. The van der Waals surface area contributed by atoms with E-state index in [2.05, 4.69) is 38.6 Å². The van der Waals surface area contributed by atoms with Gasteiger partial charge in [-0.15, -0.1) is 5.10 Å². The fraction of sp³-hybridized carbons (Fsp3) is 0.510. The van der Waals surface area contributed by atoms with Crippen molar-refractivity contribution in [2.24, 2.45) is 34.0 Å². The molecular formula is C51H68N10O18S. The molecule has 29 heteroatoms. The average molecular weight is 1140 g/mol. The first-order valence-electron chi connectivity index (χ1n) is 25.5. The van der Waals surface area contributed by atoms with Crippen LogP contribution < -0.4 is 32.7 Å². The highest BCUT2D eigenvalue weighted by Crippen LogP contribution is 2.41. The van der Waals surface area contributed by atoms with Gasteiger partial charge in [-0.25, -0.2) is 24.1 Å². The molecule has 436 valence electrons. The lowest BCUT2D eigenvalue weighted by molar-refractivity contribution is -0.147. The van der Waals surface area contributed by atoms with Gasteiger partial charge < -0.3 is 82.0 Å². The first-order chi connectivity index (χ1) is 38.2. The number of carbonyl (C=O) groups is 8. The summed E-state index contributed by atoms with van der Waals surface area (Å²) in [6.07, 6.45) is -6.21. The maximum atomic E-state index is 14.1. The first kappa shape index (κ1) is 63.3. The van der Waals surface area contributed by atoms with Crippen LogP contribution in [0, 0.1) is 11.8 Å². The Hall–Kier alpha value is -7.54. The molecule has 3 amide bonds. The van der Waals surface area contributed by atoms with Crippen molar-refractivity contribution in [2.45, 2.75) is 95.0 Å². The van der Waals surface area contributed by atoms with Gasteiger partial charge in [-0.1, -0.05) is 54.6 Å². The van der Waals surface area contributed by atoms with Crippen LogP contribution in [0.1, 0.15) is 51.0 Å². The number of nitrogens with two attached hydrogens (primary N) is 3. The molecule has 3 heterocycles. The van der Waals surface area contributed by atoms with Gasteiger partial charge in [0.25, 0.3) is 0 Å². The number of amides is 3. The number of aliphatic imine (C=N–C) groups is 1. The lowest BCUT2D eigenvalue weighted by Gasteiger charge is -2.38. The number of carboxylic acid groups (broad SMARTS) is 3. The zero-order valence-corrected chi connectivity index (χ0v) is 44.7. The molecule has 8 atom stereocenters. The second-order valence-electron chi connectivity index (χ2n) is 18.6. The van der Waals surface area contributed by atoms with E-state index in [0.29, 0.717) is 29.2 Å². The number of alkyl carbamates (subject to hydrolysis) is 1. The minimum Gasteiger partial charge on any atom is -0.481 e. The van der Waals surface area contributed by atoms with Crippen LogP contribution in [0.15, 0.2) is 65.4 Å². The minimum atomic E-state index is -1.64. The Kier molecular flexibility index (Phi) is 24.8. The largest absolute Gasteiger partial charge is 0.481 e. The van der Waals surface area contributed by atoms with Gasteiger partial charge >= 0.3 is 24.0 Å². The van der Waals surface area contributed by atoms with E-state index in [9.17, 15) is 63.9 Å². The summed E-state index contributed by atoms with van der Waals surface area (Å²) in [6.45, 7) is 2.33. The molecule has 2 aromatic carbocycles. The van der Waals surface area contributed by atoms with Crippen LogP contribution in [0.3, 0.4) is 0 Å². The highest BCUT2D eigenvalue weighted by molar-refractivity contribution is 7.80. The number of anilines is 1. The third-order valence-corrected chi connectivity index (χ3v) is 13.2. The third-order valence-electron chi connectivity index (χ3n) is 12.9. The van der Waals surface area contributed by atoms with E-state index in [-0.39, 0.29) is 102 Å². The molecule has 2 aliphatic rings. The molecule has 0 saturated heterocycles. The predicted molar refractivity (Wildman–Crippen MR) is 285 cm³/mol. The van der Waals surface area contributed by atoms with Crippen LogP contribution in [-0.2, 0) is 70.3 Å². The fourth-order valence-electron chi connectivity index (χ4n) is 8.68. The Balaban J connectivity index is 1.06. The lowest BCUT2D eigenvalue weighted by atomic mass is 9.87. The highest BCUT2D eigenvalue weighted by atomic mass is 32.1. The number of aliphatic hydroxyl groups excluding tert-OH is 2. The van der Waals surface area contributed by atoms with Gasteiger partial charge in [-0.3, -0.25) is 24.0 Å². The van der Waals surface area contributed by atoms with E-state index < -0.39 is 109 Å². The van der Waals surface area contributed by atoms with Crippen LogP contribution in [0.2, 0.25) is 0 Å². The second-order valence-corrected chi connectivity index (χ2v) is 19.0. The number of aliphatic carboxylic acids is 3. The van der Waals surface area contributed by atoms with Crippen molar-refractivity contribution in [3.63, 3.8) is 0 Å². The molecule has 2 aliphatic heterocycles. The predicted octanol–water partition coefficient (Wildman–Crippen LogP) is -0.392. The molecule has 0 unspecified atom stereocenters. The zero-order valence-electron chi connectivity index (χ0n) is 43.8. The van der Waals surface area contributed by atoms with Gasteiger partial charge in [0.15, 0.2) is 12.1 Å². The summed E-state index contributed by atoms with van der Waals surface area (Å²) in [7, 11) is 0. The van der Waals surface area contributed by atoms with Crippen LogP contribution >= 0.6 is 12.6 Å². The number of rotatable bonds is 33. The molecule has 0 bridgehead atoms. The third kappa shape index (κ3) is 18.3. The summed E-state index contributed by atoms with van der Waals surface area (Å²) in [5.74, 6) is -9.79. The number of ether oxygens (including phenoxy) is 5. The van der Waals surface area contributed by atoms with Gasteiger partial charge in [0.05, 0.1) is 95.1 Å². The number of para-hydroxylation sites is 1. The van der Waals surface area contributed by atoms with E-state index in [1.165, 1.54) is 6.08 Å². The molecule has 5 rings (SSSR count). The van der Waals surface area contributed by atoms with Crippen LogP contribution in [-0.4, -0.2) is 189 Å². The average Bonchev–Trinajstić information content (AvgIpc) is 3.93. The molecule has 0 fully saturated rings. The van der Waals surface area contributed by atoms with Crippen LogP contribution in [0.4, 0.5) is 10.5 Å². The second kappa shape index (κ2) is 31.3. The molecular weight excluding hydrogens is 1070 g/mol. The Bertz CT molecular complexity index is 2720. The number of carbonyl (C=O) groups excluding carboxylic acids is 5. The summed E-state index contributed by atoms with van der Waals surface area (Å²) < 4.78 is 29.6. The van der Waals surface area contributed by atoms with E-state index in [4.69, 9.17) is 40.9 Å². The van der Waals surface area contributed by atoms with Gasteiger partial charge in [0, 0.05) is 55.0 Å². The first-order valence-corrected chi connectivity index (χ1v) is 26.1. The van der Waals surface area contributed by atoms with Gasteiger partial charge in [-0.05, 0) is 24.1 Å². The van der Waals surface area contributed by atoms with E-state index >= 15 is 0 Å². The summed E-state index contributed by atoms with van der Waals surface area (Å²) >= 11 is 3.88. The normalized spacial score (nSPS) is 17.4. The number of ketones is 2. The summed E-state index contributed by atoms with van der Waals surface area (Å²) in [6, 6.07) is 11.1. The van der Waals surface area contributed by atoms with Crippen LogP contribution in [0.5, 0.6) is 0 Å². The number of guanidine groups is 1. The number of hydrogen-bond acceptors (Lipinski definition) is 20. The van der Waals surface area contributed by atoms with Crippen molar-refractivity contribution in [2.75, 3.05) is 63.4 Å². The highest BCUT2D eigenvalue weighted by Gasteiger charge is 2.44. The molecule has 0 radical (unpaired) electrons.